The summed E-state index contributed by atoms with van der Waals surface area (Å²) in [6, 6.07) is 23.2. The van der Waals surface area contributed by atoms with Gasteiger partial charge in [0.1, 0.15) is 11.5 Å². The minimum Gasteiger partial charge on any atom is -0.494 e. The van der Waals surface area contributed by atoms with E-state index < -0.39 is 5.97 Å². The Labute approximate surface area is 193 Å². The molecule has 0 aliphatic rings. The molecule has 3 rings (SSSR count). The molecule has 0 heterocycles. The number of carbonyl (C=O) groups excluding carboxylic acids is 2. The Bertz CT molecular complexity index is 1090. The first-order chi connectivity index (χ1) is 16.1. The Balaban J connectivity index is 1.46. The van der Waals surface area contributed by atoms with Crippen molar-refractivity contribution in [2.45, 2.75) is 19.8 Å². The van der Waals surface area contributed by atoms with Crippen molar-refractivity contribution in [3.05, 3.63) is 102 Å². The molecular weight excluding hydrogens is 416 g/mol. The summed E-state index contributed by atoms with van der Waals surface area (Å²) in [5.74, 6) is 0.372. The van der Waals surface area contributed by atoms with Gasteiger partial charge in [-0.15, -0.1) is 0 Å². The maximum atomic E-state index is 12.2. The van der Waals surface area contributed by atoms with Gasteiger partial charge in [-0.05, 0) is 72.2 Å². The molecule has 0 unspecified atom stereocenters. The molecule has 1 amide bonds. The molecule has 0 aliphatic carbocycles. The molecule has 1 N–H and O–H groups in total. The molecule has 0 saturated heterocycles. The summed E-state index contributed by atoms with van der Waals surface area (Å²) in [6.07, 6.45) is 6.65. The molecule has 0 atom stereocenters. The van der Waals surface area contributed by atoms with Crippen molar-refractivity contribution in [3.8, 4) is 11.5 Å². The minimum absolute atomic E-state index is 0.317. The highest BCUT2D eigenvalue weighted by Crippen LogP contribution is 2.14. The number of benzene rings is 3. The maximum Gasteiger partial charge on any atom is 0.336 e. The van der Waals surface area contributed by atoms with Crippen LogP contribution in [-0.2, 0) is 4.79 Å². The van der Waals surface area contributed by atoms with Crippen molar-refractivity contribution in [1.29, 1.82) is 0 Å². The molecule has 168 valence electrons. The van der Waals surface area contributed by atoms with Crippen molar-refractivity contribution in [1.82, 2.24) is 5.43 Å². The monoisotopic (exact) mass is 442 g/mol. The number of esters is 1. The van der Waals surface area contributed by atoms with Crippen LogP contribution in [0, 0.1) is 0 Å². The zero-order valence-corrected chi connectivity index (χ0v) is 18.4. The standard InChI is InChI=1S/C27H26N2O4/c1-2-3-19-32-24-16-12-23(13-17-24)27(31)29-28-20-22-9-14-25(15-10-22)33-26(30)18-11-21-7-5-4-6-8-21/h4-18,20H,2-3,19H2,1H3,(H,29,31)/b18-11+,28-20-. The molecule has 0 spiro atoms. The Hall–Kier alpha value is -4.19. The van der Waals surface area contributed by atoms with Gasteiger partial charge in [-0.3, -0.25) is 4.79 Å². The Kier molecular flexibility index (Phi) is 8.97. The molecule has 33 heavy (non-hydrogen) atoms. The van der Waals surface area contributed by atoms with Crippen LogP contribution in [0.1, 0.15) is 41.3 Å². The number of hydrogen-bond acceptors (Lipinski definition) is 5. The van der Waals surface area contributed by atoms with Crippen molar-refractivity contribution in [2.24, 2.45) is 5.10 Å². The molecule has 0 bridgehead atoms. The normalized spacial score (nSPS) is 10.9. The summed E-state index contributed by atoms with van der Waals surface area (Å²) >= 11 is 0. The molecule has 0 radical (unpaired) electrons. The van der Waals surface area contributed by atoms with Gasteiger partial charge in [-0.2, -0.15) is 5.10 Å². The van der Waals surface area contributed by atoms with Crippen LogP contribution in [-0.4, -0.2) is 24.7 Å². The van der Waals surface area contributed by atoms with Crippen LogP contribution >= 0.6 is 0 Å². The van der Waals surface area contributed by atoms with Crippen LogP contribution in [0.15, 0.2) is 90.0 Å². The fraction of sp³-hybridized carbons (Fsp3) is 0.148. The van der Waals surface area contributed by atoms with Gasteiger partial charge in [0, 0.05) is 11.6 Å². The fourth-order valence-electron chi connectivity index (χ4n) is 2.77. The first kappa shape index (κ1) is 23.5. The lowest BCUT2D eigenvalue weighted by molar-refractivity contribution is -0.128. The molecule has 0 aromatic heterocycles. The van der Waals surface area contributed by atoms with E-state index in [1.165, 1.54) is 12.3 Å². The predicted molar refractivity (Wildman–Crippen MR) is 129 cm³/mol. The van der Waals surface area contributed by atoms with Gasteiger partial charge in [0.25, 0.3) is 5.91 Å². The molecule has 6 heteroatoms. The minimum atomic E-state index is -0.464. The Morgan fingerprint density at radius 3 is 2.27 bits per heavy atom. The zero-order valence-electron chi connectivity index (χ0n) is 18.4. The smallest absolute Gasteiger partial charge is 0.336 e. The van der Waals surface area contributed by atoms with Crippen LogP contribution in [0.5, 0.6) is 11.5 Å². The number of carbonyl (C=O) groups is 2. The second kappa shape index (κ2) is 12.6. The molecular formula is C27H26N2O4. The lowest BCUT2D eigenvalue weighted by Gasteiger charge is -2.06. The highest BCUT2D eigenvalue weighted by molar-refractivity contribution is 5.95. The summed E-state index contributed by atoms with van der Waals surface area (Å²) in [5, 5.41) is 3.98. The van der Waals surface area contributed by atoms with Crippen LogP contribution in [0.3, 0.4) is 0 Å². The van der Waals surface area contributed by atoms with E-state index in [9.17, 15) is 9.59 Å². The highest BCUT2D eigenvalue weighted by Gasteiger charge is 2.05. The predicted octanol–water partition coefficient (Wildman–Crippen LogP) is 5.25. The third kappa shape index (κ3) is 8.10. The van der Waals surface area contributed by atoms with E-state index in [0.29, 0.717) is 17.9 Å². The van der Waals surface area contributed by atoms with Crippen molar-refractivity contribution < 1.29 is 19.1 Å². The summed E-state index contributed by atoms with van der Waals surface area (Å²) in [7, 11) is 0. The molecule has 0 aliphatic heterocycles. The van der Waals surface area contributed by atoms with Gasteiger partial charge in [-0.1, -0.05) is 43.7 Å². The summed E-state index contributed by atoms with van der Waals surface area (Å²) in [6.45, 7) is 2.76. The first-order valence-electron chi connectivity index (χ1n) is 10.8. The third-order valence-corrected chi connectivity index (χ3v) is 4.57. The van der Waals surface area contributed by atoms with Gasteiger partial charge in [0.05, 0.1) is 12.8 Å². The topological polar surface area (TPSA) is 77.0 Å². The molecule has 6 nitrogen and oxygen atoms in total. The first-order valence-corrected chi connectivity index (χ1v) is 10.8. The Morgan fingerprint density at radius 2 is 1.58 bits per heavy atom. The van der Waals surface area contributed by atoms with E-state index in [1.807, 2.05) is 30.3 Å². The van der Waals surface area contributed by atoms with Crippen molar-refractivity contribution in [3.63, 3.8) is 0 Å². The second-order valence-electron chi connectivity index (χ2n) is 7.16. The van der Waals surface area contributed by atoms with E-state index in [0.717, 1.165) is 29.7 Å². The lowest BCUT2D eigenvalue weighted by Crippen LogP contribution is -2.17. The number of rotatable bonds is 10. The number of ether oxygens (including phenoxy) is 2. The number of hydrazone groups is 1. The highest BCUT2D eigenvalue weighted by atomic mass is 16.5. The lowest BCUT2D eigenvalue weighted by atomic mass is 10.2. The largest absolute Gasteiger partial charge is 0.494 e. The van der Waals surface area contributed by atoms with E-state index in [4.69, 9.17) is 9.47 Å². The Morgan fingerprint density at radius 1 is 0.879 bits per heavy atom. The quantitative estimate of drug-likeness (QED) is 0.116. The number of nitrogens with one attached hydrogen (secondary N) is 1. The number of nitrogens with zero attached hydrogens (tertiary/aromatic N) is 1. The van der Waals surface area contributed by atoms with E-state index in [2.05, 4.69) is 17.5 Å². The van der Waals surface area contributed by atoms with Gasteiger partial charge >= 0.3 is 5.97 Å². The molecule has 3 aromatic rings. The van der Waals surface area contributed by atoms with Crippen LogP contribution in [0.25, 0.3) is 6.08 Å². The number of hydrogen-bond donors (Lipinski definition) is 1. The average Bonchev–Trinajstić information content (AvgIpc) is 2.85. The molecule has 0 saturated carbocycles. The van der Waals surface area contributed by atoms with Gasteiger partial charge in [0.2, 0.25) is 0 Å². The van der Waals surface area contributed by atoms with Crippen molar-refractivity contribution >= 4 is 24.2 Å². The SMILES string of the molecule is CCCCOc1ccc(C(=O)N/N=C\c2ccc(OC(=O)/C=C/c3ccccc3)cc2)cc1. The summed E-state index contributed by atoms with van der Waals surface area (Å²) in [5.41, 5.74) is 4.64. The third-order valence-electron chi connectivity index (χ3n) is 4.57. The van der Waals surface area contributed by atoms with E-state index in [-0.39, 0.29) is 5.91 Å². The fourth-order valence-corrected chi connectivity index (χ4v) is 2.77. The van der Waals surface area contributed by atoms with Crippen molar-refractivity contribution in [2.75, 3.05) is 6.61 Å². The molecule has 0 fully saturated rings. The van der Waals surface area contributed by atoms with E-state index in [1.54, 1.807) is 54.6 Å². The average molecular weight is 443 g/mol. The summed E-state index contributed by atoms with van der Waals surface area (Å²) in [4.78, 5) is 24.2. The van der Waals surface area contributed by atoms with E-state index >= 15 is 0 Å². The van der Waals surface area contributed by atoms with Gasteiger partial charge < -0.3 is 9.47 Å². The van der Waals surface area contributed by atoms with Gasteiger partial charge in [-0.25, -0.2) is 10.2 Å². The second-order valence-corrected chi connectivity index (χ2v) is 7.16. The van der Waals surface area contributed by atoms with Crippen LogP contribution in [0.2, 0.25) is 0 Å². The van der Waals surface area contributed by atoms with Gasteiger partial charge in [0.15, 0.2) is 0 Å². The van der Waals surface area contributed by atoms with Crippen LogP contribution in [0.4, 0.5) is 0 Å². The summed E-state index contributed by atoms with van der Waals surface area (Å²) < 4.78 is 10.9. The van der Waals surface area contributed by atoms with Crippen LogP contribution < -0.4 is 14.9 Å². The molecule has 3 aromatic carbocycles. The zero-order chi connectivity index (χ0) is 23.3. The number of amides is 1. The number of unbranched alkanes of at least 4 members (excludes halogenated alkanes) is 1. The maximum absolute atomic E-state index is 12.2.